The topological polar surface area (TPSA) is 70.6 Å². The lowest BCUT2D eigenvalue weighted by molar-refractivity contribution is 0.365. The smallest absolute Gasteiger partial charge is 0.169 e. The number of nitrogens with zero attached hydrogens (tertiary/aromatic N) is 6. The first-order valence-corrected chi connectivity index (χ1v) is 7.60. The molecule has 22 heavy (non-hydrogen) atoms. The van der Waals surface area contributed by atoms with Gasteiger partial charge in [0.05, 0.1) is 17.9 Å². The Morgan fingerprint density at radius 2 is 1.91 bits per heavy atom. The van der Waals surface area contributed by atoms with Gasteiger partial charge in [-0.25, -0.2) is 0 Å². The van der Waals surface area contributed by atoms with E-state index in [9.17, 15) is 5.26 Å². The van der Waals surface area contributed by atoms with Crippen LogP contribution in [-0.2, 0) is 0 Å². The molecule has 2 aromatic rings. The first kappa shape index (κ1) is 14.5. The standard InChI is InChI=1S/C16H20N6/c1-11-9-18-22(10-11)14-4-6-21(7-5-14)16-15(8-17)12(2)13(3)19-20-16/h9-10,14H,4-7H2,1-3H3. The summed E-state index contributed by atoms with van der Waals surface area (Å²) in [6.45, 7) is 7.62. The third kappa shape index (κ3) is 2.54. The summed E-state index contributed by atoms with van der Waals surface area (Å²) < 4.78 is 2.06. The van der Waals surface area contributed by atoms with Gasteiger partial charge in [0.15, 0.2) is 5.82 Å². The van der Waals surface area contributed by atoms with Crippen LogP contribution in [0.2, 0.25) is 0 Å². The molecule has 0 aliphatic carbocycles. The Bertz CT molecular complexity index is 719. The summed E-state index contributed by atoms with van der Waals surface area (Å²) in [6.07, 6.45) is 5.99. The van der Waals surface area contributed by atoms with Gasteiger partial charge >= 0.3 is 0 Å². The number of aryl methyl sites for hydroxylation is 2. The first-order valence-electron chi connectivity index (χ1n) is 7.60. The van der Waals surface area contributed by atoms with Crippen LogP contribution in [0.3, 0.4) is 0 Å². The Hall–Kier alpha value is -2.42. The first-order chi connectivity index (χ1) is 10.6. The van der Waals surface area contributed by atoms with Gasteiger partial charge in [0.25, 0.3) is 0 Å². The molecule has 6 heteroatoms. The molecule has 0 saturated carbocycles. The van der Waals surface area contributed by atoms with E-state index in [0.717, 1.165) is 43.0 Å². The highest BCUT2D eigenvalue weighted by Crippen LogP contribution is 2.28. The Balaban J connectivity index is 1.77. The number of aromatic nitrogens is 4. The van der Waals surface area contributed by atoms with Crippen LogP contribution >= 0.6 is 0 Å². The van der Waals surface area contributed by atoms with Crippen molar-refractivity contribution in [1.29, 1.82) is 5.26 Å². The van der Waals surface area contributed by atoms with Crippen LogP contribution in [-0.4, -0.2) is 33.1 Å². The van der Waals surface area contributed by atoms with Gasteiger partial charge in [0.2, 0.25) is 0 Å². The maximum absolute atomic E-state index is 9.43. The minimum Gasteiger partial charge on any atom is -0.354 e. The molecule has 0 N–H and O–H groups in total. The number of rotatable bonds is 2. The quantitative estimate of drug-likeness (QED) is 0.850. The van der Waals surface area contributed by atoms with Gasteiger partial charge < -0.3 is 4.90 Å². The fourth-order valence-corrected chi connectivity index (χ4v) is 2.93. The molecule has 0 radical (unpaired) electrons. The highest BCUT2D eigenvalue weighted by Gasteiger charge is 2.24. The normalized spacial score (nSPS) is 15.8. The maximum atomic E-state index is 9.43. The van der Waals surface area contributed by atoms with E-state index >= 15 is 0 Å². The van der Waals surface area contributed by atoms with Gasteiger partial charge in [-0.3, -0.25) is 4.68 Å². The molecule has 1 saturated heterocycles. The number of anilines is 1. The van der Waals surface area contributed by atoms with E-state index in [4.69, 9.17) is 0 Å². The van der Waals surface area contributed by atoms with Gasteiger partial charge in [0.1, 0.15) is 11.6 Å². The molecule has 1 aliphatic heterocycles. The Morgan fingerprint density at radius 1 is 1.18 bits per heavy atom. The lowest BCUT2D eigenvalue weighted by atomic mass is 10.0. The van der Waals surface area contributed by atoms with Crippen LogP contribution in [0.15, 0.2) is 12.4 Å². The van der Waals surface area contributed by atoms with Crippen LogP contribution in [0.5, 0.6) is 0 Å². The van der Waals surface area contributed by atoms with E-state index in [1.807, 2.05) is 20.0 Å². The number of piperidine rings is 1. The highest BCUT2D eigenvalue weighted by molar-refractivity contribution is 5.57. The van der Waals surface area contributed by atoms with Crippen molar-refractivity contribution in [3.63, 3.8) is 0 Å². The van der Waals surface area contributed by atoms with Gasteiger partial charge in [-0.2, -0.15) is 15.5 Å². The largest absolute Gasteiger partial charge is 0.354 e. The van der Waals surface area contributed by atoms with Crippen molar-refractivity contribution < 1.29 is 0 Å². The monoisotopic (exact) mass is 296 g/mol. The Morgan fingerprint density at radius 3 is 2.50 bits per heavy atom. The zero-order chi connectivity index (χ0) is 15.7. The SMILES string of the molecule is Cc1cnn(C2CCN(c3nnc(C)c(C)c3C#N)CC2)c1. The summed E-state index contributed by atoms with van der Waals surface area (Å²) >= 11 is 0. The minimum atomic E-state index is 0.426. The molecule has 2 aromatic heterocycles. The summed E-state index contributed by atoms with van der Waals surface area (Å²) in [5.74, 6) is 0.723. The third-order valence-electron chi connectivity index (χ3n) is 4.42. The van der Waals surface area contributed by atoms with Crippen LogP contribution in [0.1, 0.15) is 41.3 Å². The van der Waals surface area contributed by atoms with Gasteiger partial charge in [-0.1, -0.05) is 0 Å². The van der Waals surface area contributed by atoms with Crippen LogP contribution in [0, 0.1) is 32.1 Å². The van der Waals surface area contributed by atoms with Crippen molar-refractivity contribution in [2.24, 2.45) is 0 Å². The molecule has 0 amide bonds. The average molecular weight is 296 g/mol. The van der Waals surface area contributed by atoms with E-state index < -0.39 is 0 Å². The summed E-state index contributed by atoms with van der Waals surface area (Å²) in [6, 6.07) is 2.71. The molecule has 3 heterocycles. The molecule has 0 bridgehead atoms. The third-order valence-corrected chi connectivity index (χ3v) is 4.42. The zero-order valence-electron chi connectivity index (χ0n) is 13.2. The van der Waals surface area contributed by atoms with Crippen molar-refractivity contribution in [2.75, 3.05) is 18.0 Å². The molecule has 3 rings (SSSR count). The molecule has 114 valence electrons. The number of nitriles is 1. The van der Waals surface area contributed by atoms with Gasteiger partial charge in [-0.15, -0.1) is 5.10 Å². The van der Waals surface area contributed by atoms with E-state index in [1.165, 1.54) is 5.56 Å². The van der Waals surface area contributed by atoms with Crippen LogP contribution in [0.4, 0.5) is 5.82 Å². The summed E-state index contributed by atoms with van der Waals surface area (Å²) in [7, 11) is 0. The van der Waals surface area contributed by atoms with Gasteiger partial charge in [0, 0.05) is 19.3 Å². The second-order valence-corrected chi connectivity index (χ2v) is 5.94. The van der Waals surface area contributed by atoms with Crippen molar-refractivity contribution in [3.8, 4) is 6.07 Å². The minimum absolute atomic E-state index is 0.426. The van der Waals surface area contributed by atoms with Gasteiger partial charge in [-0.05, 0) is 44.7 Å². The molecule has 0 aromatic carbocycles. The zero-order valence-corrected chi connectivity index (χ0v) is 13.2. The average Bonchev–Trinajstić information content (AvgIpc) is 2.96. The molecular weight excluding hydrogens is 276 g/mol. The Kier molecular flexibility index (Phi) is 3.80. The Labute approximate surface area is 130 Å². The van der Waals surface area contributed by atoms with E-state index in [-0.39, 0.29) is 0 Å². The number of hydrogen-bond acceptors (Lipinski definition) is 5. The van der Waals surface area contributed by atoms with Crippen LogP contribution < -0.4 is 4.90 Å². The van der Waals surface area contributed by atoms with E-state index in [1.54, 1.807) is 0 Å². The summed E-state index contributed by atoms with van der Waals surface area (Å²) in [5.41, 5.74) is 3.59. The maximum Gasteiger partial charge on any atom is 0.169 e. The molecule has 1 aliphatic rings. The molecule has 6 nitrogen and oxygen atoms in total. The molecule has 1 fully saturated rings. The molecule has 0 spiro atoms. The van der Waals surface area contributed by atoms with E-state index in [2.05, 4.69) is 44.1 Å². The predicted molar refractivity (Wildman–Crippen MR) is 83.7 cm³/mol. The molecule has 0 unspecified atom stereocenters. The molecule has 0 atom stereocenters. The van der Waals surface area contributed by atoms with Crippen molar-refractivity contribution >= 4 is 5.82 Å². The van der Waals surface area contributed by atoms with Crippen LogP contribution in [0.25, 0.3) is 0 Å². The second kappa shape index (κ2) is 5.76. The van der Waals surface area contributed by atoms with Crippen molar-refractivity contribution in [2.45, 2.75) is 39.7 Å². The van der Waals surface area contributed by atoms with Crippen molar-refractivity contribution in [1.82, 2.24) is 20.0 Å². The summed E-state index contributed by atoms with van der Waals surface area (Å²) in [5, 5.41) is 22.3. The summed E-state index contributed by atoms with van der Waals surface area (Å²) in [4.78, 5) is 2.17. The lowest BCUT2D eigenvalue weighted by Crippen LogP contribution is -2.36. The predicted octanol–water partition coefficient (Wildman–Crippen LogP) is 2.31. The molecular formula is C16H20N6. The fourth-order valence-electron chi connectivity index (χ4n) is 2.93. The fraction of sp³-hybridized carbons (Fsp3) is 0.500. The second-order valence-electron chi connectivity index (χ2n) is 5.94. The number of hydrogen-bond donors (Lipinski definition) is 0. The van der Waals surface area contributed by atoms with E-state index in [0.29, 0.717) is 11.6 Å². The van der Waals surface area contributed by atoms with Crippen molar-refractivity contribution in [3.05, 3.63) is 34.8 Å². The lowest BCUT2D eigenvalue weighted by Gasteiger charge is -2.33. The highest BCUT2D eigenvalue weighted by atomic mass is 15.3.